The predicted octanol–water partition coefficient (Wildman–Crippen LogP) is 21.6. The molecule has 4 aromatic rings. The quantitative estimate of drug-likeness (QED) is 0.0723. The van der Waals surface area contributed by atoms with Crippen molar-refractivity contribution < 1.29 is 118 Å². The summed E-state index contributed by atoms with van der Waals surface area (Å²) in [5.41, 5.74) is -0.781. The van der Waals surface area contributed by atoms with Crippen molar-refractivity contribution in [2.75, 3.05) is 100 Å². The van der Waals surface area contributed by atoms with Crippen LogP contribution in [0.5, 0.6) is 0 Å². The lowest BCUT2D eigenvalue weighted by Crippen LogP contribution is -2.42. The Hall–Kier alpha value is -8.11. The number of amides is 2. The number of hydrogen-bond donors (Lipinski definition) is 1. The third-order valence-electron chi connectivity index (χ3n) is 20.6. The Morgan fingerprint density at radius 1 is 0.446 bits per heavy atom. The number of esters is 3. The minimum absolute atomic E-state index is 0. The summed E-state index contributed by atoms with van der Waals surface area (Å²) in [5, 5.41) is 3.22. The zero-order valence-electron chi connectivity index (χ0n) is 71.1. The number of piperidine rings is 3. The highest BCUT2D eigenvalue weighted by Gasteiger charge is 2.53. The molecule has 0 spiro atoms. The molecule has 2 amide bonds. The van der Waals surface area contributed by atoms with Crippen molar-refractivity contribution in [1.82, 2.24) is 15.1 Å². The molecular formula is C87H116BBrF14N6O12. The number of rotatable bonds is 9. The minimum Gasteiger partial charge on any atom is -0.469 e. The maximum absolute atomic E-state index is 13.9. The molecule has 0 unspecified atom stereocenters. The second-order valence-electron chi connectivity index (χ2n) is 35.3. The van der Waals surface area contributed by atoms with Gasteiger partial charge in [0.2, 0.25) is 0 Å². The van der Waals surface area contributed by atoms with E-state index < -0.39 is 94.2 Å². The summed E-state index contributed by atoms with van der Waals surface area (Å²) in [6.45, 7) is 35.9. The first kappa shape index (κ1) is 102. The first-order valence-corrected chi connectivity index (χ1v) is 40.7. The molecule has 0 radical (unpaired) electrons. The third-order valence-corrected chi connectivity index (χ3v) is 21.2. The van der Waals surface area contributed by atoms with E-state index >= 15 is 0 Å². The van der Waals surface area contributed by atoms with E-state index in [-0.39, 0.29) is 77.1 Å². The van der Waals surface area contributed by atoms with Crippen LogP contribution in [0.25, 0.3) is 11.1 Å². The Kier molecular flexibility index (Phi) is 34.6. The van der Waals surface area contributed by atoms with Gasteiger partial charge in [0.1, 0.15) is 34.0 Å². The first-order valence-electron chi connectivity index (χ1n) is 39.9. The van der Waals surface area contributed by atoms with Gasteiger partial charge in [0, 0.05) is 94.5 Å². The van der Waals surface area contributed by atoms with Gasteiger partial charge in [-0.15, -0.1) is 0 Å². The Morgan fingerprint density at radius 3 is 1.17 bits per heavy atom. The Labute approximate surface area is 710 Å². The van der Waals surface area contributed by atoms with Crippen molar-refractivity contribution in [3.8, 4) is 0 Å². The summed E-state index contributed by atoms with van der Waals surface area (Å²) in [4.78, 5) is 69.8. The van der Waals surface area contributed by atoms with Gasteiger partial charge in [0.15, 0.2) is 0 Å². The zero-order chi connectivity index (χ0) is 89.9. The van der Waals surface area contributed by atoms with Gasteiger partial charge in [-0.2, -0.15) is 52.7 Å². The Bertz CT molecular complexity index is 4270. The van der Waals surface area contributed by atoms with Crippen molar-refractivity contribution >= 4 is 81.4 Å². The number of carbonyl (C=O) groups excluding carboxylic acids is 5. The summed E-state index contributed by atoms with van der Waals surface area (Å²) in [7, 11) is 0.971. The predicted molar refractivity (Wildman–Crippen MR) is 441 cm³/mol. The van der Waals surface area contributed by atoms with Crippen molar-refractivity contribution in [3.05, 3.63) is 146 Å². The van der Waals surface area contributed by atoms with E-state index in [1.54, 1.807) is 62.3 Å². The molecule has 0 saturated carbocycles. The second kappa shape index (κ2) is 41.1. The standard InChI is InChI=1S/C27H37F3N2O4.C19H23F3N2O2.C17H21F4NO2.C16H28BNO4.C7H3BrF4.CH4/c1-25(2,3)35-23(33)18-11-14-31(15-12-18)22-16-20(27(28,29)30)9-10-21(22)19-8-7-13-32(17-19)24(34)36-26(4,5)6;1-26-18(25)14-6-10-24(11-7-14)17-12-15(19(20,21)22)2-3-16(17)13-4-8-23-9-5-13;1-16(2,3)24-15(23)11-6-8-22(9-7-11)14-10-12(17(19,20)21)4-5-13(14)18;1-14(2,3)20-13(19)18-10-8-9-12(11-18)17-21-15(4,5)16(6,7)22-17;8-5-3-4(7(10,11)12)1-2-6(5)9;/h8-10,16,18H,7,11-15,17H2,1-6H3;2-4,12,14,23H,5-11H2,1H3;4-5,10-11H,6-9H2,1-3H3;9H,8,10-11H2,1-7H3;1-3H;1H4. The van der Waals surface area contributed by atoms with Crippen LogP contribution in [-0.4, -0.2) is 166 Å². The molecule has 7 aliphatic rings. The Balaban J connectivity index is 0.000000242. The van der Waals surface area contributed by atoms with Gasteiger partial charge in [-0.25, -0.2) is 18.4 Å². The topological polar surface area (TPSA) is 178 Å². The second-order valence-corrected chi connectivity index (χ2v) is 36.1. The highest BCUT2D eigenvalue weighted by molar-refractivity contribution is 9.10. The molecule has 674 valence electrons. The van der Waals surface area contributed by atoms with Crippen molar-refractivity contribution in [3.63, 3.8) is 0 Å². The normalized spacial score (nSPS) is 18.5. The summed E-state index contributed by atoms with van der Waals surface area (Å²) >= 11 is 2.66. The highest BCUT2D eigenvalue weighted by atomic mass is 79.9. The molecule has 11 rings (SSSR count). The van der Waals surface area contributed by atoms with Gasteiger partial charge in [-0.3, -0.25) is 14.4 Å². The molecule has 121 heavy (non-hydrogen) atoms. The van der Waals surface area contributed by atoms with Crippen LogP contribution in [0, 0.1) is 29.4 Å². The molecule has 7 aliphatic heterocycles. The molecule has 7 heterocycles. The van der Waals surface area contributed by atoms with Crippen molar-refractivity contribution in [2.45, 2.75) is 234 Å². The molecule has 0 aliphatic carbocycles. The van der Waals surface area contributed by atoms with E-state index in [9.17, 15) is 85.4 Å². The molecule has 4 saturated heterocycles. The van der Waals surface area contributed by atoms with Crippen LogP contribution in [0.3, 0.4) is 0 Å². The highest BCUT2D eigenvalue weighted by Crippen LogP contribution is 2.44. The van der Waals surface area contributed by atoms with Crippen LogP contribution in [0.4, 0.5) is 88.1 Å². The maximum atomic E-state index is 13.9. The van der Waals surface area contributed by atoms with Crippen molar-refractivity contribution in [2.24, 2.45) is 17.8 Å². The number of halogens is 15. The number of nitrogens with one attached hydrogen (secondary N) is 1. The number of alkyl halides is 12. The molecular weight excluding hydrogens is 1680 g/mol. The van der Waals surface area contributed by atoms with Crippen LogP contribution in [0.2, 0.25) is 0 Å². The van der Waals surface area contributed by atoms with Gasteiger partial charge in [-0.05, 0) is 268 Å². The SMILES string of the molecule is C.CC(C)(C)OC(=O)C1CCN(c2cc(C(F)(F)F)ccc2C2=CCCN(C(=O)OC(C)(C)C)C2)CC1.CC(C)(C)OC(=O)C1CCN(c2cc(C(F)(F)F)ccc2F)CC1.CC(C)(C)OC(=O)N1CCC=C(B2OC(C)(C)C(C)(C)O2)C1.COC(=O)C1CCN(c2cc(C(F)(F)F)ccc2C2=CCNCC2)CC1.Fc1ccc(C(F)(F)F)cc1Br. The maximum Gasteiger partial charge on any atom is 0.492 e. The average molecular weight is 1790 g/mol. The van der Waals surface area contributed by atoms with Gasteiger partial charge in [0.05, 0.1) is 68.5 Å². The van der Waals surface area contributed by atoms with E-state index in [0.29, 0.717) is 133 Å². The number of benzene rings is 4. The van der Waals surface area contributed by atoms with Gasteiger partial charge >= 0.3 is 61.9 Å². The van der Waals surface area contributed by atoms with E-state index in [0.717, 1.165) is 84.5 Å². The third kappa shape index (κ3) is 30.4. The number of methoxy groups -OCH3 is 1. The van der Waals surface area contributed by atoms with Crippen LogP contribution in [-0.2, 0) is 72.1 Å². The van der Waals surface area contributed by atoms with Gasteiger partial charge in [-0.1, -0.05) is 37.8 Å². The van der Waals surface area contributed by atoms with Crippen LogP contribution in [0.15, 0.2) is 101 Å². The fraction of sp³-hybridized carbons (Fsp3) is 0.598. The van der Waals surface area contributed by atoms with E-state index in [4.69, 9.17) is 33.0 Å². The lowest BCUT2D eigenvalue weighted by molar-refractivity contribution is -0.161. The van der Waals surface area contributed by atoms with E-state index in [1.165, 1.54) is 25.3 Å². The number of nitrogens with zero attached hydrogens (tertiary/aromatic N) is 5. The Morgan fingerprint density at radius 2 is 0.793 bits per heavy atom. The smallest absolute Gasteiger partial charge is 0.469 e. The van der Waals surface area contributed by atoms with Crippen molar-refractivity contribution in [1.29, 1.82) is 0 Å². The molecule has 34 heteroatoms. The summed E-state index contributed by atoms with van der Waals surface area (Å²) in [6, 6.07) is 12.3. The van der Waals surface area contributed by atoms with Crippen LogP contribution < -0.4 is 20.0 Å². The lowest BCUT2D eigenvalue weighted by Gasteiger charge is -2.36. The monoisotopic (exact) mass is 1790 g/mol. The van der Waals surface area contributed by atoms with Gasteiger partial charge in [0.25, 0.3) is 0 Å². The van der Waals surface area contributed by atoms with E-state index in [2.05, 4.69) is 27.3 Å². The van der Waals surface area contributed by atoms with Gasteiger partial charge < -0.3 is 62.8 Å². The number of ether oxygens (including phenoxy) is 5. The van der Waals surface area contributed by atoms with E-state index in [1.807, 2.05) is 91.2 Å². The van der Waals surface area contributed by atoms with Crippen LogP contribution >= 0.6 is 15.9 Å². The molecule has 0 aromatic heterocycles. The van der Waals surface area contributed by atoms with Crippen LogP contribution in [0.1, 0.15) is 209 Å². The lowest BCUT2D eigenvalue weighted by atomic mass is 9.76. The molecule has 0 bridgehead atoms. The summed E-state index contributed by atoms with van der Waals surface area (Å²) < 4.78 is 220. The number of carbonyl (C=O) groups is 5. The first-order chi connectivity index (χ1) is 55.2. The molecule has 0 atom stereocenters. The zero-order valence-corrected chi connectivity index (χ0v) is 72.7. The largest absolute Gasteiger partial charge is 0.492 e. The number of hydrogen-bond acceptors (Lipinski definition) is 16. The number of anilines is 3. The average Bonchev–Trinajstić information content (AvgIpc) is 1.65. The fourth-order valence-electron chi connectivity index (χ4n) is 13.8. The molecule has 4 fully saturated rings. The molecule has 1 N–H and O–H groups in total. The molecule has 4 aromatic carbocycles. The fourth-order valence-corrected chi connectivity index (χ4v) is 14.2. The minimum atomic E-state index is -4.52. The summed E-state index contributed by atoms with van der Waals surface area (Å²) in [6.07, 6.45) is -7.23. The molecule has 18 nitrogen and oxygen atoms in total. The summed E-state index contributed by atoms with van der Waals surface area (Å²) in [5.74, 6) is -3.00.